The molecule has 0 aliphatic carbocycles. The zero-order chi connectivity index (χ0) is 23.7. The molecule has 3 aromatic rings. The summed E-state index contributed by atoms with van der Waals surface area (Å²) in [6.07, 6.45) is 6.15. The van der Waals surface area contributed by atoms with Crippen LogP contribution >= 0.6 is 0 Å². The fourth-order valence-electron chi connectivity index (χ4n) is 3.30. The molecule has 2 aromatic heterocycles. The van der Waals surface area contributed by atoms with Crippen LogP contribution < -0.4 is 16.2 Å². The molecule has 0 unspecified atom stereocenters. The number of aromatic nitrogens is 3. The molecule has 0 aliphatic rings. The number of H-pyrrole nitrogens is 1. The fraction of sp³-hybridized carbons (Fsp3) is 0.360. The van der Waals surface area contributed by atoms with Gasteiger partial charge in [0.2, 0.25) is 0 Å². The number of carbonyl (C=O) groups is 1. The number of nitrogens with zero attached hydrogens (tertiary/aromatic N) is 2. The summed E-state index contributed by atoms with van der Waals surface area (Å²) in [7, 11) is 0. The Hall–Kier alpha value is -3.48. The fourth-order valence-corrected chi connectivity index (χ4v) is 3.30. The van der Waals surface area contributed by atoms with Crippen LogP contribution in [-0.4, -0.2) is 27.4 Å². The largest absolute Gasteiger partial charge is 0.385 e. The van der Waals surface area contributed by atoms with E-state index >= 15 is 0 Å². The van der Waals surface area contributed by atoms with E-state index in [9.17, 15) is 9.59 Å². The molecule has 0 saturated carbocycles. The van der Waals surface area contributed by atoms with E-state index in [2.05, 4.69) is 39.4 Å². The molecule has 2 heterocycles. The van der Waals surface area contributed by atoms with Gasteiger partial charge in [0.25, 0.3) is 11.5 Å². The molecule has 7 nitrogen and oxygen atoms in total. The van der Waals surface area contributed by atoms with E-state index in [1.807, 2.05) is 45.9 Å². The van der Waals surface area contributed by atoms with E-state index in [1.165, 1.54) is 12.7 Å². The molecular formula is C25H33N5O2. The number of nitrogens with one attached hydrogen (secondary N) is 3. The number of hydrogen-bond acceptors (Lipinski definition) is 5. The minimum atomic E-state index is -0.236. The van der Waals surface area contributed by atoms with Crippen LogP contribution in [0.1, 0.15) is 59.9 Å². The molecule has 0 fully saturated rings. The summed E-state index contributed by atoms with van der Waals surface area (Å²) in [6.45, 7) is 12.8. The van der Waals surface area contributed by atoms with Crippen molar-refractivity contribution < 1.29 is 4.79 Å². The highest BCUT2D eigenvalue weighted by Gasteiger charge is 2.16. The van der Waals surface area contributed by atoms with Crippen LogP contribution in [0.4, 0.5) is 5.69 Å². The molecule has 0 bridgehead atoms. The highest BCUT2D eigenvalue weighted by molar-refractivity contribution is 5.98. The first kappa shape index (κ1) is 24.8. The normalized spacial score (nSPS) is 10.2. The van der Waals surface area contributed by atoms with Gasteiger partial charge < -0.3 is 15.6 Å². The zero-order valence-electron chi connectivity index (χ0n) is 19.8. The Morgan fingerprint density at radius 3 is 2.25 bits per heavy atom. The minimum absolute atomic E-state index is 0.162. The topological polar surface area (TPSA) is 99.8 Å². The van der Waals surface area contributed by atoms with E-state index in [1.54, 1.807) is 12.4 Å². The van der Waals surface area contributed by atoms with Crippen LogP contribution in [0.15, 0.2) is 41.7 Å². The molecule has 7 heteroatoms. The number of carbonyl (C=O) groups excluding carboxylic acids is 1. The monoisotopic (exact) mass is 435 g/mol. The molecule has 0 atom stereocenters. The third kappa shape index (κ3) is 6.26. The van der Waals surface area contributed by atoms with Crippen LogP contribution in [0.3, 0.4) is 0 Å². The standard InChI is InChI=1S/C22H25N5O2.C3H8/c1-5-25-20-8-16(17-9-23-12-24-10-17)7-18(15(20)4)21(28)26-11-19-13(2)6-14(3)27-22(19)29;1-3-2/h6-10,12,25H,5,11H2,1-4H3,(H,26,28)(H,27,29);3H2,1-2H3. The van der Waals surface area contributed by atoms with Gasteiger partial charge in [0.1, 0.15) is 6.33 Å². The number of rotatable bonds is 6. The average Bonchev–Trinajstić information content (AvgIpc) is 2.75. The van der Waals surface area contributed by atoms with Crippen molar-refractivity contribution in [2.24, 2.45) is 0 Å². The Labute approximate surface area is 189 Å². The van der Waals surface area contributed by atoms with Crippen molar-refractivity contribution in [3.8, 4) is 11.1 Å². The number of amides is 1. The second kappa shape index (κ2) is 11.8. The van der Waals surface area contributed by atoms with E-state index in [0.29, 0.717) is 11.1 Å². The molecule has 1 amide bonds. The summed E-state index contributed by atoms with van der Waals surface area (Å²) in [6, 6.07) is 5.72. The van der Waals surface area contributed by atoms with Gasteiger partial charge in [-0.25, -0.2) is 9.97 Å². The summed E-state index contributed by atoms with van der Waals surface area (Å²) in [5, 5.41) is 6.19. The van der Waals surface area contributed by atoms with E-state index in [4.69, 9.17) is 0 Å². The smallest absolute Gasteiger partial charge is 0.253 e. The third-order valence-electron chi connectivity index (χ3n) is 4.83. The molecule has 32 heavy (non-hydrogen) atoms. The van der Waals surface area contributed by atoms with Crippen molar-refractivity contribution in [3.05, 3.63) is 75.2 Å². The van der Waals surface area contributed by atoms with Gasteiger partial charge in [0, 0.05) is 53.6 Å². The number of pyridine rings is 1. The highest BCUT2D eigenvalue weighted by atomic mass is 16.1. The zero-order valence-corrected chi connectivity index (χ0v) is 19.8. The Balaban J connectivity index is 0.00000114. The Kier molecular flexibility index (Phi) is 9.13. The molecule has 0 radical (unpaired) electrons. The molecule has 0 aliphatic heterocycles. The van der Waals surface area contributed by atoms with Crippen LogP contribution in [0.5, 0.6) is 0 Å². The van der Waals surface area contributed by atoms with Crippen molar-refractivity contribution >= 4 is 11.6 Å². The lowest BCUT2D eigenvalue weighted by atomic mass is 9.98. The van der Waals surface area contributed by atoms with Gasteiger partial charge in [-0.2, -0.15) is 0 Å². The van der Waals surface area contributed by atoms with Crippen LogP contribution in [0.2, 0.25) is 0 Å². The Morgan fingerprint density at radius 2 is 1.66 bits per heavy atom. The average molecular weight is 436 g/mol. The van der Waals surface area contributed by atoms with Gasteiger partial charge in [-0.3, -0.25) is 9.59 Å². The highest BCUT2D eigenvalue weighted by Crippen LogP contribution is 2.28. The molecule has 170 valence electrons. The summed E-state index contributed by atoms with van der Waals surface area (Å²) in [4.78, 5) is 36.1. The maximum Gasteiger partial charge on any atom is 0.253 e. The Morgan fingerprint density at radius 1 is 1.00 bits per heavy atom. The SMILES string of the molecule is CCC.CCNc1cc(-c2cncnc2)cc(C(=O)NCc2c(C)cc(C)[nH]c2=O)c1C. The van der Waals surface area contributed by atoms with E-state index < -0.39 is 0 Å². The maximum absolute atomic E-state index is 13.0. The molecule has 0 saturated heterocycles. The molecule has 3 rings (SSSR count). The maximum atomic E-state index is 13.0. The molecule has 3 N–H and O–H groups in total. The summed E-state index contributed by atoms with van der Waals surface area (Å²) in [5.41, 5.74) is 5.97. The Bertz CT molecular complexity index is 1110. The second-order valence-corrected chi connectivity index (χ2v) is 7.69. The lowest BCUT2D eigenvalue weighted by Gasteiger charge is -2.16. The number of anilines is 1. The second-order valence-electron chi connectivity index (χ2n) is 7.69. The van der Waals surface area contributed by atoms with E-state index in [0.717, 1.165) is 40.2 Å². The van der Waals surface area contributed by atoms with Gasteiger partial charge in [0.15, 0.2) is 0 Å². The summed E-state index contributed by atoms with van der Waals surface area (Å²) >= 11 is 0. The first-order valence-corrected chi connectivity index (χ1v) is 10.9. The van der Waals surface area contributed by atoms with Gasteiger partial charge in [-0.1, -0.05) is 20.3 Å². The third-order valence-corrected chi connectivity index (χ3v) is 4.83. The van der Waals surface area contributed by atoms with Crippen molar-refractivity contribution in [2.75, 3.05) is 11.9 Å². The van der Waals surface area contributed by atoms with Crippen molar-refractivity contribution in [2.45, 2.75) is 54.5 Å². The van der Waals surface area contributed by atoms with Gasteiger partial charge in [-0.15, -0.1) is 0 Å². The van der Waals surface area contributed by atoms with Crippen LogP contribution in [-0.2, 0) is 6.54 Å². The predicted octanol–water partition coefficient (Wildman–Crippen LogP) is 4.54. The van der Waals surface area contributed by atoms with Crippen LogP contribution in [0, 0.1) is 20.8 Å². The lowest BCUT2D eigenvalue weighted by Crippen LogP contribution is -2.28. The van der Waals surface area contributed by atoms with Crippen molar-refractivity contribution in [1.82, 2.24) is 20.3 Å². The lowest BCUT2D eigenvalue weighted by molar-refractivity contribution is 0.0950. The number of hydrogen-bond donors (Lipinski definition) is 3. The number of aryl methyl sites for hydroxylation is 2. The van der Waals surface area contributed by atoms with Gasteiger partial charge in [-0.05, 0) is 62.6 Å². The minimum Gasteiger partial charge on any atom is -0.385 e. The number of aromatic amines is 1. The predicted molar refractivity (Wildman–Crippen MR) is 130 cm³/mol. The van der Waals surface area contributed by atoms with E-state index in [-0.39, 0.29) is 18.0 Å². The molecule has 1 aromatic carbocycles. The molecular weight excluding hydrogens is 402 g/mol. The van der Waals surface area contributed by atoms with Crippen molar-refractivity contribution in [1.29, 1.82) is 0 Å². The van der Waals surface area contributed by atoms with Crippen molar-refractivity contribution in [3.63, 3.8) is 0 Å². The number of benzene rings is 1. The van der Waals surface area contributed by atoms with Gasteiger partial charge >= 0.3 is 0 Å². The first-order chi connectivity index (χ1) is 15.3. The summed E-state index contributed by atoms with van der Waals surface area (Å²) < 4.78 is 0. The summed E-state index contributed by atoms with van der Waals surface area (Å²) in [5.74, 6) is -0.236. The molecule has 0 spiro atoms. The van der Waals surface area contributed by atoms with Crippen LogP contribution in [0.25, 0.3) is 11.1 Å². The quantitative estimate of drug-likeness (QED) is 0.528. The van der Waals surface area contributed by atoms with Gasteiger partial charge in [0.05, 0.1) is 0 Å². The first-order valence-electron chi connectivity index (χ1n) is 10.9.